The number of alkyl halides is 6. The summed E-state index contributed by atoms with van der Waals surface area (Å²) in [4.78, 5) is -0.162. The fourth-order valence-electron chi connectivity index (χ4n) is 1.71. The van der Waals surface area contributed by atoms with Gasteiger partial charge in [0.15, 0.2) is 0 Å². The molecule has 0 N–H and O–H groups in total. The summed E-state index contributed by atoms with van der Waals surface area (Å²) in [5, 5.41) is 15.1. The van der Waals surface area contributed by atoms with Crippen LogP contribution in [0.4, 0.5) is 37.7 Å². The molecule has 3 nitrogen and oxygen atoms in total. The summed E-state index contributed by atoms with van der Waals surface area (Å²) in [7, 11) is 0. The van der Waals surface area contributed by atoms with Crippen LogP contribution in [0.25, 0.3) is 0 Å². The molecule has 23 heavy (non-hydrogen) atoms. The Morgan fingerprint density at radius 3 is 1.87 bits per heavy atom. The molecule has 122 valence electrons. The van der Waals surface area contributed by atoms with Gasteiger partial charge in [0.1, 0.15) is 5.69 Å². The highest BCUT2D eigenvalue weighted by atomic mass is 19.4. The van der Waals surface area contributed by atoms with Crippen molar-refractivity contribution < 1.29 is 31.2 Å². The lowest BCUT2D eigenvalue weighted by Crippen LogP contribution is -2.05. The standard InChI is InChI=1S/C14H8F6N2O/c15-13(16,17)9-3-1-5-11(7-9)21-22(23)12-6-2-4-10(8-12)14(18,19)20/h1-8H. The van der Waals surface area contributed by atoms with Crippen LogP contribution < -0.4 is 0 Å². The molecule has 9 heteroatoms. The van der Waals surface area contributed by atoms with Crippen molar-refractivity contribution in [2.45, 2.75) is 12.4 Å². The second kappa shape index (κ2) is 5.90. The molecule has 2 aromatic carbocycles. The smallest absolute Gasteiger partial charge is 0.416 e. The number of halogens is 6. The summed E-state index contributed by atoms with van der Waals surface area (Å²) >= 11 is 0. The molecule has 0 saturated heterocycles. The molecule has 0 bridgehead atoms. The molecule has 0 aromatic heterocycles. The molecule has 0 radical (unpaired) electrons. The van der Waals surface area contributed by atoms with E-state index in [4.69, 9.17) is 0 Å². The lowest BCUT2D eigenvalue weighted by Gasteiger charge is -2.07. The van der Waals surface area contributed by atoms with Crippen LogP contribution in [0.3, 0.4) is 0 Å². The Kier molecular flexibility index (Phi) is 4.31. The Labute approximate surface area is 126 Å². The van der Waals surface area contributed by atoms with Crippen molar-refractivity contribution in [3.8, 4) is 0 Å². The van der Waals surface area contributed by atoms with Crippen molar-refractivity contribution in [2.24, 2.45) is 5.11 Å². The highest BCUT2D eigenvalue weighted by Gasteiger charge is 2.32. The highest BCUT2D eigenvalue weighted by molar-refractivity contribution is 5.41. The van der Waals surface area contributed by atoms with E-state index in [-0.39, 0.29) is 10.5 Å². The average molecular weight is 334 g/mol. The molecule has 2 aromatic rings. The van der Waals surface area contributed by atoms with Gasteiger partial charge in [0.2, 0.25) is 5.69 Å². The number of hydrogen-bond donors (Lipinski definition) is 0. The number of nitrogens with zero attached hydrogens (tertiary/aromatic N) is 2. The van der Waals surface area contributed by atoms with Gasteiger partial charge in [-0.3, -0.25) is 0 Å². The largest absolute Gasteiger partial charge is 0.594 e. The molecule has 2 rings (SSSR count). The molecule has 0 fully saturated rings. The fourth-order valence-corrected chi connectivity index (χ4v) is 1.71. The first-order valence-electron chi connectivity index (χ1n) is 6.11. The summed E-state index contributed by atoms with van der Waals surface area (Å²) in [5.74, 6) is 0. The molecular formula is C14H8F6N2O. The average Bonchev–Trinajstić information content (AvgIpc) is 2.46. The molecule has 0 spiro atoms. The Morgan fingerprint density at radius 2 is 1.30 bits per heavy atom. The number of azo groups is 1. The predicted molar refractivity (Wildman–Crippen MR) is 68.3 cm³/mol. The molecule has 0 unspecified atom stereocenters. The maximum atomic E-state index is 12.6. The summed E-state index contributed by atoms with van der Waals surface area (Å²) in [5.41, 5.74) is -2.85. The predicted octanol–water partition coefficient (Wildman–Crippen LogP) is 5.65. The molecular weight excluding hydrogens is 326 g/mol. The van der Waals surface area contributed by atoms with Crippen LogP contribution in [0.15, 0.2) is 53.6 Å². The fraction of sp³-hybridized carbons (Fsp3) is 0.143. The van der Waals surface area contributed by atoms with Crippen LogP contribution >= 0.6 is 0 Å². The SMILES string of the molecule is [O-][N+](=Nc1cccc(C(F)(F)F)c1)c1cccc(C(F)(F)F)c1. The minimum absolute atomic E-state index is 0.162. The second-order valence-electron chi connectivity index (χ2n) is 4.47. The second-order valence-corrected chi connectivity index (χ2v) is 4.47. The number of rotatable bonds is 2. The zero-order chi connectivity index (χ0) is 17.3. The molecule has 0 amide bonds. The van der Waals surface area contributed by atoms with Gasteiger partial charge in [-0.05, 0) is 24.3 Å². The third kappa shape index (κ3) is 4.21. The van der Waals surface area contributed by atoms with Crippen molar-refractivity contribution in [2.75, 3.05) is 0 Å². The van der Waals surface area contributed by atoms with E-state index in [0.29, 0.717) is 12.1 Å². The van der Waals surface area contributed by atoms with Crippen molar-refractivity contribution in [1.29, 1.82) is 0 Å². The van der Waals surface area contributed by atoms with E-state index in [1.54, 1.807) is 0 Å². The Bertz CT molecular complexity index is 737. The van der Waals surface area contributed by atoms with Crippen LogP contribution in [0.5, 0.6) is 0 Å². The maximum Gasteiger partial charge on any atom is 0.416 e. The van der Waals surface area contributed by atoms with E-state index in [1.165, 1.54) is 0 Å². The van der Waals surface area contributed by atoms with Crippen LogP contribution in [0, 0.1) is 5.21 Å². The normalized spacial score (nSPS) is 13.2. The molecule has 0 aliphatic carbocycles. The summed E-state index contributed by atoms with van der Waals surface area (Å²) in [6.45, 7) is 0. The first-order chi connectivity index (χ1) is 10.6. The quantitative estimate of drug-likeness (QED) is 0.303. The minimum atomic E-state index is -4.65. The van der Waals surface area contributed by atoms with Crippen LogP contribution in [0.2, 0.25) is 0 Å². The van der Waals surface area contributed by atoms with Gasteiger partial charge in [0, 0.05) is 17.2 Å². The van der Waals surface area contributed by atoms with Gasteiger partial charge in [-0.1, -0.05) is 17.0 Å². The van der Waals surface area contributed by atoms with Gasteiger partial charge in [-0.15, -0.1) is 0 Å². The third-order valence-corrected chi connectivity index (χ3v) is 2.77. The van der Waals surface area contributed by atoms with E-state index in [1.807, 2.05) is 0 Å². The van der Waals surface area contributed by atoms with Gasteiger partial charge in [-0.2, -0.15) is 26.3 Å². The number of benzene rings is 2. The molecule has 0 heterocycles. The van der Waals surface area contributed by atoms with Gasteiger partial charge in [0.05, 0.1) is 11.1 Å². The summed E-state index contributed by atoms with van der Waals surface area (Å²) in [6, 6.07) is 6.99. The van der Waals surface area contributed by atoms with Crippen LogP contribution in [-0.4, -0.2) is 4.86 Å². The Balaban J connectivity index is 2.37. The molecule has 0 aliphatic heterocycles. The monoisotopic (exact) mass is 334 g/mol. The first kappa shape index (κ1) is 16.8. The zero-order valence-corrected chi connectivity index (χ0v) is 11.2. The summed E-state index contributed by atoms with van der Waals surface area (Å²) in [6.07, 6.45) is -9.26. The van der Waals surface area contributed by atoms with E-state index >= 15 is 0 Å². The lowest BCUT2D eigenvalue weighted by molar-refractivity contribution is -0.435. The van der Waals surface area contributed by atoms with Gasteiger partial charge in [-0.25, -0.2) is 0 Å². The zero-order valence-electron chi connectivity index (χ0n) is 11.2. The first-order valence-corrected chi connectivity index (χ1v) is 6.11. The highest BCUT2D eigenvalue weighted by Crippen LogP contribution is 2.33. The van der Waals surface area contributed by atoms with E-state index in [0.717, 1.165) is 36.4 Å². The van der Waals surface area contributed by atoms with Gasteiger partial charge < -0.3 is 5.21 Å². The Morgan fingerprint density at radius 1 is 0.783 bits per heavy atom. The minimum Gasteiger partial charge on any atom is -0.594 e. The van der Waals surface area contributed by atoms with E-state index in [2.05, 4.69) is 5.11 Å². The maximum absolute atomic E-state index is 12.6. The molecule has 0 aliphatic rings. The molecule has 0 atom stereocenters. The van der Waals surface area contributed by atoms with Crippen LogP contribution in [0.1, 0.15) is 11.1 Å². The lowest BCUT2D eigenvalue weighted by atomic mass is 10.2. The van der Waals surface area contributed by atoms with Crippen molar-refractivity contribution in [1.82, 2.24) is 0 Å². The van der Waals surface area contributed by atoms with Crippen molar-refractivity contribution >= 4 is 11.4 Å². The van der Waals surface area contributed by atoms with Gasteiger partial charge >= 0.3 is 12.4 Å². The Hall–Kier alpha value is -2.58. The van der Waals surface area contributed by atoms with Crippen LogP contribution in [-0.2, 0) is 12.4 Å². The van der Waals surface area contributed by atoms with E-state index < -0.39 is 29.2 Å². The topological polar surface area (TPSA) is 38.4 Å². The van der Waals surface area contributed by atoms with E-state index in [9.17, 15) is 31.5 Å². The third-order valence-electron chi connectivity index (χ3n) is 2.77. The van der Waals surface area contributed by atoms with Crippen molar-refractivity contribution in [3.05, 3.63) is 64.9 Å². The number of hydrogen-bond acceptors (Lipinski definition) is 2. The summed E-state index contributed by atoms with van der Waals surface area (Å²) < 4.78 is 75.4. The molecule has 0 saturated carbocycles. The van der Waals surface area contributed by atoms with Gasteiger partial charge in [0.25, 0.3) is 0 Å². The van der Waals surface area contributed by atoms with Crippen molar-refractivity contribution in [3.63, 3.8) is 0 Å².